The second-order valence-electron chi connectivity index (χ2n) is 7.31. The van der Waals surface area contributed by atoms with Gasteiger partial charge >= 0.3 is 0 Å². The van der Waals surface area contributed by atoms with E-state index in [1.54, 1.807) is 11.8 Å². The molecule has 1 heterocycles. The predicted octanol–water partition coefficient (Wildman–Crippen LogP) is 0.0943. The van der Waals surface area contributed by atoms with E-state index in [0.29, 0.717) is 13.0 Å². The zero-order chi connectivity index (χ0) is 21.2. The van der Waals surface area contributed by atoms with Crippen molar-refractivity contribution in [3.05, 3.63) is 35.9 Å². The van der Waals surface area contributed by atoms with Gasteiger partial charge in [-0.25, -0.2) is 0 Å². The van der Waals surface area contributed by atoms with Crippen LogP contribution in [0.25, 0.3) is 0 Å². The zero-order valence-corrected chi connectivity index (χ0v) is 17.0. The molecule has 1 aromatic rings. The number of carbonyl (C=O) groups is 3. The Bertz CT molecular complexity index is 670. The minimum atomic E-state index is -0.776. The summed E-state index contributed by atoms with van der Waals surface area (Å²) in [6.45, 7) is 2.34. The van der Waals surface area contributed by atoms with E-state index in [4.69, 9.17) is 9.84 Å². The van der Waals surface area contributed by atoms with Crippen LogP contribution in [0.5, 0.6) is 0 Å². The van der Waals surface area contributed by atoms with E-state index in [9.17, 15) is 14.4 Å². The summed E-state index contributed by atoms with van der Waals surface area (Å²) in [6.07, 6.45) is 2.32. The molecule has 1 aromatic carbocycles. The van der Waals surface area contributed by atoms with Gasteiger partial charge in [-0.2, -0.15) is 0 Å². The van der Waals surface area contributed by atoms with Gasteiger partial charge in [0.1, 0.15) is 6.04 Å². The summed E-state index contributed by atoms with van der Waals surface area (Å²) in [5.41, 5.74) is 0.913. The maximum Gasteiger partial charge on any atom is 0.243 e. The lowest BCUT2D eigenvalue weighted by atomic mass is 9.94. The van der Waals surface area contributed by atoms with Crippen molar-refractivity contribution in [2.24, 2.45) is 5.92 Å². The fraction of sp³-hybridized carbons (Fsp3) is 0.571. The average Bonchev–Trinajstić information content (AvgIpc) is 3.21. The number of amides is 3. The fourth-order valence-electron chi connectivity index (χ4n) is 3.81. The average molecular weight is 405 g/mol. The zero-order valence-electron chi connectivity index (χ0n) is 17.0. The van der Waals surface area contributed by atoms with Gasteiger partial charge in [0.05, 0.1) is 24.7 Å². The lowest BCUT2D eigenvalue weighted by Gasteiger charge is -2.32. The number of nitrogens with one attached hydrogen (secondary N) is 2. The van der Waals surface area contributed by atoms with Crippen molar-refractivity contribution in [1.29, 1.82) is 0 Å². The fourth-order valence-corrected chi connectivity index (χ4v) is 3.81. The van der Waals surface area contributed by atoms with Gasteiger partial charge in [0, 0.05) is 26.6 Å². The number of rotatable bonds is 11. The van der Waals surface area contributed by atoms with Crippen LogP contribution in [-0.4, -0.2) is 73.2 Å². The van der Waals surface area contributed by atoms with E-state index in [-0.39, 0.29) is 31.0 Å². The third-order valence-electron chi connectivity index (χ3n) is 5.36. The molecule has 0 saturated carbocycles. The highest BCUT2D eigenvalue weighted by Crippen LogP contribution is 2.25. The largest absolute Gasteiger partial charge is 0.395 e. The van der Waals surface area contributed by atoms with Crippen LogP contribution in [0.4, 0.5) is 0 Å². The summed E-state index contributed by atoms with van der Waals surface area (Å²) >= 11 is 0. The monoisotopic (exact) mass is 405 g/mol. The van der Waals surface area contributed by atoms with Crippen molar-refractivity contribution < 1.29 is 24.2 Å². The van der Waals surface area contributed by atoms with Crippen molar-refractivity contribution in [2.75, 3.05) is 26.8 Å². The summed E-state index contributed by atoms with van der Waals surface area (Å²) in [7, 11) is 1.53. The van der Waals surface area contributed by atoms with Crippen LogP contribution in [0.15, 0.2) is 30.3 Å². The Morgan fingerprint density at radius 3 is 2.66 bits per heavy atom. The molecule has 0 radical (unpaired) electrons. The lowest BCUT2D eigenvalue weighted by molar-refractivity contribution is -0.136. The molecule has 1 aliphatic rings. The molecule has 8 nitrogen and oxygen atoms in total. The molecule has 3 N–H and O–H groups in total. The molecule has 0 aliphatic carbocycles. The van der Waals surface area contributed by atoms with E-state index < -0.39 is 18.1 Å². The van der Waals surface area contributed by atoms with Crippen LogP contribution in [0.1, 0.15) is 25.3 Å². The first-order chi connectivity index (χ1) is 14.0. The number of likely N-dealkylation sites (tertiary alicyclic amines) is 1. The minimum absolute atomic E-state index is 0.118. The number of carbonyl (C=O) groups excluding carboxylic acids is 3. The van der Waals surface area contributed by atoms with Gasteiger partial charge < -0.3 is 25.4 Å². The number of hydrogen-bond acceptors (Lipinski definition) is 5. The molecule has 1 fully saturated rings. The van der Waals surface area contributed by atoms with Crippen molar-refractivity contribution in [2.45, 2.75) is 44.4 Å². The standard InChI is InChI=1S/C21H31N3O5/c1-15(19(29-2)18-9-6-11-24(18)14-26)20(27)23-17(21(28)22-10-12-25)13-16-7-4-3-5-8-16/h3-5,7-8,14-15,17-19,25H,6,9-13H2,1-2H3,(H,22,28)(H,23,27). The Morgan fingerprint density at radius 1 is 1.31 bits per heavy atom. The van der Waals surface area contributed by atoms with Crippen molar-refractivity contribution >= 4 is 18.2 Å². The van der Waals surface area contributed by atoms with E-state index in [1.165, 1.54) is 7.11 Å². The number of aliphatic hydroxyl groups excluding tert-OH is 1. The Hall–Kier alpha value is -2.45. The Morgan fingerprint density at radius 2 is 2.03 bits per heavy atom. The highest BCUT2D eigenvalue weighted by Gasteiger charge is 2.38. The topological polar surface area (TPSA) is 108 Å². The summed E-state index contributed by atoms with van der Waals surface area (Å²) in [6, 6.07) is 8.47. The third-order valence-corrected chi connectivity index (χ3v) is 5.36. The maximum atomic E-state index is 12.9. The van der Waals surface area contributed by atoms with Gasteiger partial charge in [0.15, 0.2) is 0 Å². The molecule has 3 amide bonds. The van der Waals surface area contributed by atoms with Gasteiger partial charge in [0.2, 0.25) is 18.2 Å². The quantitative estimate of drug-likeness (QED) is 0.453. The van der Waals surface area contributed by atoms with E-state index in [0.717, 1.165) is 24.8 Å². The Labute approximate surface area is 171 Å². The first-order valence-electron chi connectivity index (χ1n) is 9.98. The first kappa shape index (κ1) is 22.8. The summed E-state index contributed by atoms with van der Waals surface area (Å²) in [5.74, 6) is -1.21. The van der Waals surface area contributed by atoms with E-state index >= 15 is 0 Å². The number of hydrogen-bond donors (Lipinski definition) is 3. The molecule has 1 saturated heterocycles. The number of nitrogens with zero attached hydrogens (tertiary/aromatic N) is 1. The van der Waals surface area contributed by atoms with Crippen molar-refractivity contribution in [1.82, 2.24) is 15.5 Å². The number of methoxy groups -OCH3 is 1. The lowest BCUT2D eigenvalue weighted by Crippen LogP contribution is -2.53. The van der Waals surface area contributed by atoms with Crippen LogP contribution >= 0.6 is 0 Å². The third kappa shape index (κ3) is 6.27. The first-order valence-corrected chi connectivity index (χ1v) is 9.98. The van der Waals surface area contributed by atoms with E-state index in [2.05, 4.69) is 10.6 Å². The molecule has 0 bridgehead atoms. The molecule has 29 heavy (non-hydrogen) atoms. The molecule has 160 valence electrons. The van der Waals surface area contributed by atoms with Gasteiger partial charge in [-0.3, -0.25) is 14.4 Å². The summed E-state index contributed by atoms with van der Waals surface area (Å²) < 4.78 is 5.58. The van der Waals surface area contributed by atoms with Gasteiger partial charge in [-0.1, -0.05) is 37.3 Å². The van der Waals surface area contributed by atoms with Crippen LogP contribution in [-0.2, 0) is 25.5 Å². The van der Waals surface area contributed by atoms with Crippen molar-refractivity contribution in [3.63, 3.8) is 0 Å². The minimum Gasteiger partial charge on any atom is -0.395 e. The van der Waals surface area contributed by atoms with Crippen LogP contribution in [0, 0.1) is 5.92 Å². The molecule has 2 rings (SSSR count). The smallest absolute Gasteiger partial charge is 0.243 e. The predicted molar refractivity (Wildman–Crippen MR) is 108 cm³/mol. The van der Waals surface area contributed by atoms with Gasteiger partial charge in [-0.05, 0) is 18.4 Å². The molecule has 8 heteroatoms. The Balaban J connectivity index is 2.09. The molecular formula is C21H31N3O5. The van der Waals surface area contributed by atoms with E-state index in [1.807, 2.05) is 30.3 Å². The van der Waals surface area contributed by atoms with Crippen LogP contribution in [0.3, 0.4) is 0 Å². The SMILES string of the molecule is COC(C(C)C(=O)NC(Cc1ccccc1)C(=O)NCCO)C1CCCN1C=O. The summed E-state index contributed by atoms with van der Waals surface area (Å²) in [4.78, 5) is 38.5. The highest BCUT2D eigenvalue weighted by atomic mass is 16.5. The normalized spacial score (nSPS) is 19.3. The molecule has 0 spiro atoms. The second kappa shape index (κ2) is 11.5. The van der Waals surface area contributed by atoms with Crippen LogP contribution < -0.4 is 10.6 Å². The summed E-state index contributed by atoms with van der Waals surface area (Å²) in [5, 5.41) is 14.4. The number of benzene rings is 1. The van der Waals surface area contributed by atoms with Gasteiger partial charge in [-0.15, -0.1) is 0 Å². The number of ether oxygens (including phenoxy) is 1. The Kier molecular flexibility index (Phi) is 9.08. The maximum absolute atomic E-state index is 12.9. The highest BCUT2D eigenvalue weighted by molar-refractivity contribution is 5.88. The molecule has 0 aromatic heterocycles. The van der Waals surface area contributed by atoms with Crippen molar-refractivity contribution in [3.8, 4) is 0 Å². The second-order valence-corrected chi connectivity index (χ2v) is 7.31. The molecular weight excluding hydrogens is 374 g/mol. The van der Waals surface area contributed by atoms with Gasteiger partial charge in [0.25, 0.3) is 0 Å². The number of aliphatic hydroxyl groups is 1. The van der Waals surface area contributed by atoms with Crippen LogP contribution in [0.2, 0.25) is 0 Å². The molecule has 4 unspecified atom stereocenters. The molecule has 4 atom stereocenters. The molecule has 1 aliphatic heterocycles.